The molecule has 0 aromatic carbocycles. The monoisotopic (exact) mass is 401 g/mol. The Bertz CT molecular complexity index is 758. The molecule has 0 radical (unpaired) electrons. The minimum atomic E-state index is -4.49. The van der Waals surface area contributed by atoms with E-state index in [1.807, 2.05) is 5.38 Å². The third-order valence-corrected chi connectivity index (χ3v) is 4.31. The molecule has 0 aliphatic carbocycles. The Labute approximate surface area is 159 Å². The Hall–Kier alpha value is -2.43. The van der Waals surface area contributed by atoms with Crippen LogP contribution >= 0.6 is 11.3 Å². The third-order valence-electron chi connectivity index (χ3n) is 3.44. The normalized spacial score (nSPS) is 12.3. The maximum atomic E-state index is 12.6. The van der Waals surface area contributed by atoms with E-state index in [9.17, 15) is 13.2 Å². The average Bonchev–Trinajstić information content (AvgIpc) is 3.10. The molecule has 0 saturated carbocycles. The van der Waals surface area contributed by atoms with Gasteiger partial charge >= 0.3 is 6.18 Å². The molecule has 0 amide bonds. The van der Waals surface area contributed by atoms with Gasteiger partial charge in [-0.2, -0.15) is 13.2 Å². The molecular weight excluding hydrogens is 379 g/mol. The molecule has 0 unspecified atom stereocenters. The maximum Gasteiger partial charge on any atom is 0.433 e. The lowest BCUT2D eigenvalue weighted by atomic mass is 10.2. The fourth-order valence-electron chi connectivity index (χ4n) is 2.01. The lowest BCUT2D eigenvalue weighted by molar-refractivity contribution is -0.141. The predicted molar refractivity (Wildman–Crippen MR) is 99.9 cm³/mol. The predicted octanol–water partition coefficient (Wildman–Crippen LogP) is 2.85. The summed E-state index contributed by atoms with van der Waals surface area (Å²) in [6, 6.07) is 0.832. The van der Waals surface area contributed by atoms with Crippen molar-refractivity contribution in [1.82, 2.24) is 25.6 Å². The first-order valence-corrected chi connectivity index (χ1v) is 9.20. The number of hydrogen-bond donors (Lipinski definition) is 3. The summed E-state index contributed by atoms with van der Waals surface area (Å²) in [6.45, 7) is 5.48. The van der Waals surface area contributed by atoms with Crippen molar-refractivity contribution >= 4 is 23.2 Å². The fraction of sp³-hybridized carbons (Fsp3) is 0.500. The van der Waals surface area contributed by atoms with Crippen LogP contribution < -0.4 is 16.0 Å². The van der Waals surface area contributed by atoms with Crippen molar-refractivity contribution in [2.75, 3.05) is 25.5 Å². The number of aromatic nitrogens is 3. The second kappa shape index (κ2) is 9.49. The first-order valence-electron chi connectivity index (χ1n) is 8.32. The molecule has 2 heterocycles. The molecule has 0 fully saturated rings. The fourth-order valence-corrected chi connectivity index (χ4v) is 2.90. The first kappa shape index (κ1) is 20.9. The van der Waals surface area contributed by atoms with E-state index in [2.05, 4.69) is 49.7 Å². The lowest BCUT2D eigenvalue weighted by Crippen LogP contribution is -2.39. The van der Waals surface area contributed by atoms with Crippen LogP contribution in [0.15, 0.2) is 22.6 Å². The van der Waals surface area contributed by atoms with Crippen LogP contribution in [0.4, 0.5) is 19.1 Å². The van der Waals surface area contributed by atoms with Crippen LogP contribution in [0.3, 0.4) is 0 Å². The SMILES string of the molecule is CN=C(NCCNc1nccc(C(F)(F)F)n1)NCc1nc(C(C)C)cs1. The van der Waals surface area contributed by atoms with E-state index in [0.29, 0.717) is 31.5 Å². The number of rotatable bonds is 7. The van der Waals surface area contributed by atoms with Crippen LogP contribution in [-0.2, 0) is 12.7 Å². The van der Waals surface area contributed by atoms with Gasteiger partial charge in [-0.05, 0) is 12.0 Å². The van der Waals surface area contributed by atoms with Crippen LogP contribution in [0.2, 0.25) is 0 Å². The number of guanidine groups is 1. The van der Waals surface area contributed by atoms with E-state index in [0.717, 1.165) is 23.0 Å². The van der Waals surface area contributed by atoms with E-state index in [4.69, 9.17) is 0 Å². The zero-order valence-corrected chi connectivity index (χ0v) is 16.1. The van der Waals surface area contributed by atoms with E-state index in [1.54, 1.807) is 18.4 Å². The summed E-state index contributed by atoms with van der Waals surface area (Å²) in [5.74, 6) is 0.887. The molecule has 27 heavy (non-hydrogen) atoms. The van der Waals surface area contributed by atoms with Gasteiger partial charge in [0.2, 0.25) is 5.95 Å². The van der Waals surface area contributed by atoms with Gasteiger partial charge in [0, 0.05) is 31.7 Å². The van der Waals surface area contributed by atoms with Crippen LogP contribution in [-0.4, -0.2) is 41.0 Å². The summed E-state index contributed by atoms with van der Waals surface area (Å²) in [4.78, 5) is 15.9. The highest BCUT2D eigenvalue weighted by molar-refractivity contribution is 7.09. The minimum absolute atomic E-state index is 0.0708. The van der Waals surface area contributed by atoms with E-state index >= 15 is 0 Å². The molecule has 2 aromatic heterocycles. The van der Waals surface area contributed by atoms with Gasteiger partial charge < -0.3 is 16.0 Å². The second-order valence-corrected chi connectivity index (χ2v) is 6.81. The lowest BCUT2D eigenvalue weighted by Gasteiger charge is -2.12. The largest absolute Gasteiger partial charge is 0.433 e. The molecule has 0 atom stereocenters. The minimum Gasteiger partial charge on any atom is -0.355 e. The van der Waals surface area contributed by atoms with Crippen molar-refractivity contribution in [3.63, 3.8) is 0 Å². The summed E-state index contributed by atoms with van der Waals surface area (Å²) in [6.07, 6.45) is -3.42. The highest BCUT2D eigenvalue weighted by Crippen LogP contribution is 2.27. The second-order valence-electron chi connectivity index (χ2n) is 5.86. The number of nitrogens with zero attached hydrogens (tertiary/aromatic N) is 4. The van der Waals surface area contributed by atoms with Crippen LogP contribution in [0.25, 0.3) is 0 Å². The van der Waals surface area contributed by atoms with E-state index in [-0.39, 0.29) is 5.95 Å². The van der Waals surface area contributed by atoms with Gasteiger partial charge in [-0.3, -0.25) is 4.99 Å². The van der Waals surface area contributed by atoms with E-state index < -0.39 is 11.9 Å². The molecule has 0 saturated heterocycles. The van der Waals surface area contributed by atoms with Gasteiger partial charge in [0.1, 0.15) is 10.7 Å². The molecule has 148 valence electrons. The Kier molecular flexibility index (Phi) is 7.34. The Morgan fingerprint density at radius 3 is 2.63 bits per heavy atom. The van der Waals surface area contributed by atoms with E-state index in [1.165, 1.54) is 0 Å². The number of anilines is 1. The molecule has 0 bridgehead atoms. The summed E-state index contributed by atoms with van der Waals surface area (Å²) >= 11 is 1.58. The first-order chi connectivity index (χ1) is 12.8. The van der Waals surface area contributed by atoms with Crippen molar-refractivity contribution < 1.29 is 13.2 Å². The molecule has 11 heteroatoms. The zero-order chi connectivity index (χ0) is 19.9. The number of thiazole rings is 1. The molecule has 0 aliphatic rings. The third kappa shape index (κ3) is 6.66. The Balaban J connectivity index is 1.75. The van der Waals surface area contributed by atoms with Gasteiger partial charge in [-0.1, -0.05) is 13.8 Å². The van der Waals surface area contributed by atoms with Crippen LogP contribution in [0.1, 0.15) is 36.2 Å². The molecule has 3 N–H and O–H groups in total. The standard InChI is InChI=1S/C16H22F3N7S/c1-10(2)11-9-27-13(25-11)8-24-14(20-3)22-6-7-23-15-21-5-4-12(26-15)16(17,18)19/h4-5,9-10H,6-8H2,1-3H3,(H2,20,22,24)(H,21,23,26). The maximum absolute atomic E-state index is 12.6. The topological polar surface area (TPSA) is 87.1 Å². The number of nitrogens with one attached hydrogen (secondary N) is 3. The summed E-state index contributed by atoms with van der Waals surface area (Å²) in [5, 5.41) is 11.9. The smallest absolute Gasteiger partial charge is 0.355 e. The number of aliphatic imine (C=N–C) groups is 1. The Morgan fingerprint density at radius 2 is 2.00 bits per heavy atom. The Morgan fingerprint density at radius 1 is 1.22 bits per heavy atom. The van der Waals surface area contributed by atoms with Crippen LogP contribution in [0.5, 0.6) is 0 Å². The molecule has 2 aromatic rings. The number of alkyl halides is 3. The van der Waals surface area contributed by atoms with Crippen molar-refractivity contribution in [2.45, 2.75) is 32.5 Å². The number of halogens is 3. The van der Waals surface area contributed by atoms with Crippen LogP contribution in [0, 0.1) is 0 Å². The van der Waals surface area contributed by atoms with Crippen molar-refractivity contribution in [3.05, 3.63) is 34.0 Å². The van der Waals surface area contributed by atoms with Gasteiger partial charge in [0.15, 0.2) is 5.96 Å². The zero-order valence-electron chi connectivity index (χ0n) is 15.3. The highest BCUT2D eigenvalue weighted by Gasteiger charge is 2.32. The highest BCUT2D eigenvalue weighted by atomic mass is 32.1. The molecule has 0 aliphatic heterocycles. The summed E-state index contributed by atoms with van der Waals surface area (Å²) < 4.78 is 37.9. The van der Waals surface area contributed by atoms with Crippen molar-refractivity contribution in [3.8, 4) is 0 Å². The van der Waals surface area contributed by atoms with Gasteiger partial charge in [-0.25, -0.2) is 15.0 Å². The number of hydrogen-bond acceptors (Lipinski definition) is 6. The molecule has 0 spiro atoms. The summed E-state index contributed by atoms with van der Waals surface area (Å²) in [5.41, 5.74) is 0.0830. The quantitative estimate of drug-likeness (QED) is 0.376. The molecule has 2 rings (SSSR count). The summed E-state index contributed by atoms with van der Waals surface area (Å²) in [7, 11) is 1.64. The van der Waals surface area contributed by atoms with Gasteiger partial charge in [0.25, 0.3) is 0 Å². The molecule has 7 nitrogen and oxygen atoms in total. The van der Waals surface area contributed by atoms with Gasteiger partial charge in [0.05, 0.1) is 12.2 Å². The van der Waals surface area contributed by atoms with Gasteiger partial charge in [-0.15, -0.1) is 11.3 Å². The van der Waals surface area contributed by atoms with Crippen molar-refractivity contribution in [1.29, 1.82) is 0 Å². The average molecular weight is 401 g/mol. The molecular formula is C16H22F3N7S. The van der Waals surface area contributed by atoms with Crippen molar-refractivity contribution in [2.24, 2.45) is 4.99 Å².